The molecule has 0 aliphatic heterocycles. The maximum Gasteiger partial charge on any atom is 0.0847 e. The Morgan fingerprint density at radius 2 is 1.53 bits per heavy atom. The molecule has 0 aromatic heterocycles. The van der Waals surface area contributed by atoms with E-state index in [-0.39, 0.29) is 5.88 Å². The minimum Gasteiger partial charge on any atom is -0.390 e. The summed E-state index contributed by atoms with van der Waals surface area (Å²) in [5, 5.41) is 12.5. The summed E-state index contributed by atoms with van der Waals surface area (Å²) in [5.74, 6) is 0.240. The van der Waals surface area contributed by atoms with Crippen LogP contribution in [0.2, 0.25) is 0 Å². The molecule has 0 amide bonds. The third kappa shape index (κ3) is 4.23. The molecule has 0 spiro atoms. The summed E-state index contributed by atoms with van der Waals surface area (Å²) in [6.07, 6.45) is -0.521. The number of anilines is 1. The molecule has 2 N–H and O–H groups in total. The zero-order valence-corrected chi connectivity index (χ0v) is 12.7. The van der Waals surface area contributed by atoms with Gasteiger partial charge in [0.2, 0.25) is 0 Å². The standard InChI is InChI=1S/C15H15BrClNO/c16-13-5-1-11(2-6-13)12-3-7-14(8-4-12)18-10-15(19)9-17/h1-8,15,18-19H,9-10H2. The van der Waals surface area contributed by atoms with Crippen LogP contribution in [-0.4, -0.2) is 23.6 Å². The van der Waals surface area contributed by atoms with Gasteiger partial charge in [-0.2, -0.15) is 0 Å². The molecule has 4 heteroatoms. The van der Waals surface area contributed by atoms with Crippen LogP contribution in [0, 0.1) is 0 Å². The molecule has 19 heavy (non-hydrogen) atoms. The van der Waals surface area contributed by atoms with Crippen molar-refractivity contribution in [1.82, 2.24) is 0 Å². The summed E-state index contributed by atoms with van der Waals surface area (Å²) in [7, 11) is 0. The smallest absolute Gasteiger partial charge is 0.0847 e. The molecule has 2 nitrogen and oxygen atoms in total. The van der Waals surface area contributed by atoms with Crippen molar-refractivity contribution in [3.63, 3.8) is 0 Å². The molecular formula is C15H15BrClNO. The van der Waals surface area contributed by atoms with Gasteiger partial charge >= 0.3 is 0 Å². The molecule has 0 radical (unpaired) electrons. The minimum absolute atomic E-state index is 0.240. The average Bonchev–Trinajstić information content (AvgIpc) is 2.46. The van der Waals surface area contributed by atoms with Crippen molar-refractivity contribution in [2.75, 3.05) is 17.7 Å². The molecule has 1 unspecified atom stereocenters. The lowest BCUT2D eigenvalue weighted by Crippen LogP contribution is -2.20. The molecule has 2 rings (SSSR count). The van der Waals surface area contributed by atoms with Crippen molar-refractivity contribution >= 4 is 33.2 Å². The van der Waals surface area contributed by atoms with Crippen LogP contribution in [0.4, 0.5) is 5.69 Å². The van der Waals surface area contributed by atoms with E-state index in [1.807, 2.05) is 24.3 Å². The van der Waals surface area contributed by atoms with Gasteiger partial charge in [0.05, 0.1) is 12.0 Å². The summed E-state index contributed by atoms with van der Waals surface area (Å²) < 4.78 is 1.07. The predicted octanol–water partition coefficient (Wildman–Crippen LogP) is 4.13. The maximum absolute atomic E-state index is 9.38. The second-order valence-electron chi connectivity index (χ2n) is 4.27. The van der Waals surface area contributed by atoms with Crippen molar-refractivity contribution in [2.24, 2.45) is 0 Å². The van der Waals surface area contributed by atoms with Crippen molar-refractivity contribution < 1.29 is 5.11 Å². The van der Waals surface area contributed by atoms with Gasteiger partial charge in [-0.15, -0.1) is 11.6 Å². The highest BCUT2D eigenvalue weighted by Gasteiger charge is 2.02. The van der Waals surface area contributed by atoms with Crippen LogP contribution in [0.15, 0.2) is 53.0 Å². The summed E-state index contributed by atoms with van der Waals surface area (Å²) in [4.78, 5) is 0. The molecule has 0 saturated carbocycles. The van der Waals surface area contributed by atoms with E-state index < -0.39 is 6.10 Å². The summed E-state index contributed by atoms with van der Waals surface area (Å²) in [6.45, 7) is 0.459. The third-order valence-corrected chi connectivity index (χ3v) is 3.67. The van der Waals surface area contributed by atoms with Crippen LogP contribution in [0.5, 0.6) is 0 Å². The monoisotopic (exact) mass is 339 g/mol. The van der Waals surface area contributed by atoms with Crippen LogP contribution < -0.4 is 5.32 Å². The number of halogens is 2. The first-order valence-corrected chi connectivity index (χ1v) is 7.35. The number of hydrogen-bond acceptors (Lipinski definition) is 2. The number of rotatable bonds is 5. The van der Waals surface area contributed by atoms with E-state index in [2.05, 4.69) is 45.5 Å². The number of aliphatic hydroxyl groups is 1. The van der Waals surface area contributed by atoms with Crippen LogP contribution in [0.3, 0.4) is 0 Å². The Kier molecular flexibility index (Phi) is 5.25. The second kappa shape index (κ2) is 6.94. The number of benzene rings is 2. The topological polar surface area (TPSA) is 32.3 Å². The number of aliphatic hydroxyl groups excluding tert-OH is 1. The lowest BCUT2D eigenvalue weighted by molar-refractivity contribution is 0.211. The largest absolute Gasteiger partial charge is 0.390 e. The van der Waals surface area contributed by atoms with Gasteiger partial charge in [-0.25, -0.2) is 0 Å². The van der Waals surface area contributed by atoms with Crippen LogP contribution in [0.1, 0.15) is 0 Å². The van der Waals surface area contributed by atoms with Gasteiger partial charge in [-0.3, -0.25) is 0 Å². The Bertz CT molecular complexity index is 513. The molecule has 100 valence electrons. The Balaban J connectivity index is 2.04. The molecule has 1 atom stereocenters. The van der Waals surface area contributed by atoms with E-state index >= 15 is 0 Å². The molecule has 0 aliphatic rings. The van der Waals surface area contributed by atoms with Gasteiger partial charge in [-0.05, 0) is 35.4 Å². The lowest BCUT2D eigenvalue weighted by atomic mass is 10.1. The van der Waals surface area contributed by atoms with Gasteiger partial charge in [0.1, 0.15) is 0 Å². The summed E-state index contributed by atoms with van der Waals surface area (Å²) >= 11 is 8.97. The average molecular weight is 341 g/mol. The van der Waals surface area contributed by atoms with Crippen LogP contribution in [0.25, 0.3) is 11.1 Å². The molecule has 0 fully saturated rings. The first-order chi connectivity index (χ1) is 9.19. The molecule has 0 bridgehead atoms. The fourth-order valence-electron chi connectivity index (χ4n) is 1.71. The molecular weight excluding hydrogens is 326 g/mol. The van der Waals surface area contributed by atoms with E-state index in [9.17, 15) is 5.11 Å². The zero-order chi connectivity index (χ0) is 13.7. The molecule has 0 aliphatic carbocycles. The maximum atomic E-state index is 9.38. The Hall–Kier alpha value is -1.03. The van der Waals surface area contributed by atoms with Gasteiger partial charge in [0.15, 0.2) is 0 Å². The van der Waals surface area contributed by atoms with E-state index in [1.165, 1.54) is 5.56 Å². The Labute approximate surface area is 126 Å². The Morgan fingerprint density at radius 1 is 1.00 bits per heavy atom. The molecule has 0 heterocycles. The van der Waals surface area contributed by atoms with Crippen molar-refractivity contribution in [1.29, 1.82) is 0 Å². The predicted molar refractivity (Wildman–Crippen MR) is 84.8 cm³/mol. The van der Waals surface area contributed by atoms with E-state index in [1.54, 1.807) is 0 Å². The van der Waals surface area contributed by atoms with Crippen LogP contribution >= 0.6 is 27.5 Å². The van der Waals surface area contributed by atoms with E-state index in [0.29, 0.717) is 6.54 Å². The van der Waals surface area contributed by atoms with Crippen LogP contribution in [-0.2, 0) is 0 Å². The molecule has 2 aromatic rings. The lowest BCUT2D eigenvalue weighted by Gasteiger charge is -2.10. The zero-order valence-electron chi connectivity index (χ0n) is 10.3. The van der Waals surface area contributed by atoms with Crippen molar-refractivity contribution in [3.05, 3.63) is 53.0 Å². The van der Waals surface area contributed by atoms with E-state index in [4.69, 9.17) is 11.6 Å². The quantitative estimate of drug-likeness (QED) is 0.802. The second-order valence-corrected chi connectivity index (χ2v) is 5.50. The number of alkyl halides is 1. The minimum atomic E-state index is -0.521. The fourth-order valence-corrected chi connectivity index (χ4v) is 2.09. The number of hydrogen-bond donors (Lipinski definition) is 2. The fraction of sp³-hybridized carbons (Fsp3) is 0.200. The summed E-state index contributed by atoms with van der Waals surface area (Å²) in [6, 6.07) is 16.3. The van der Waals surface area contributed by atoms with Crippen molar-refractivity contribution in [3.8, 4) is 11.1 Å². The van der Waals surface area contributed by atoms with Gasteiger partial charge in [-0.1, -0.05) is 40.2 Å². The van der Waals surface area contributed by atoms with Gasteiger partial charge < -0.3 is 10.4 Å². The third-order valence-electron chi connectivity index (χ3n) is 2.78. The van der Waals surface area contributed by atoms with Gasteiger partial charge in [0.25, 0.3) is 0 Å². The Morgan fingerprint density at radius 3 is 2.05 bits per heavy atom. The van der Waals surface area contributed by atoms with Gasteiger partial charge in [0, 0.05) is 16.7 Å². The highest BCUT2D eigenvalue weighted by Crippen LogP contribution is 2.23. The normalized spacial score (nSPS) is 12.2. The summed E-state index contributed by atoms with van der Waals surface area (Å²) in [5.41, 5.74) is 3.32. The van der Waals surface area contributed by atoms with E-state index in [0.717, 1.165) is 15.7 Å². The first kappa shape index (κ1) is 14.4. The highest BCUT2D eigenvalue weighted by atomic mass is 79.9. The van der Waals surface area contributed by atoms with Crippen molar-refractivity contribution in [2.45, 2.75) is 6.10 Å². The first-order valence-electron chi connectivity index (χ1n) is 6.03. The molecule has 2 aromatic carbocycles. The number of nitrogens with one attached hydrogen (secondary N) is 1. The molecule has 0 saturated heterocycles. The SMILES string of the molecule is OC(CCl)CNc1ccc(-c2ccc(Br)cc2)cc1. The highest BCUT2D eigenvalue weighted by molar-refractivity contribution is 9.10.